The molecule has 2 aromatic carbocycles. The molecule has 2 N–H and O–H groups in total. The monoisotopic (exact) mass is 468 g/mol. The molecular weight excluding hydrogens is 444 g/mol. The smallest absolute Gasteiger partial charge is 0.302 e. The van der Waals surface area contributed by atoms with Crippen molar-refractivity contribution in [1.29, 1.82) is 0 Å². The summed E-state index contributed by atoms with van der Waals surface area (Å²) in [6.07, 6.45) is 3.16. The summed E-state index contributed by atoms with van der Waals surface area (Å²) in [5.74, 6) is -0.734. The van der Waals surface area contributed by atoms with Crippen molar-refractivity contribution in [3.8, 4) is 5.75 Å². The zero-order valence-corrected chi connectivity index (χ0v) is 19.3. The number of nitrogens with one attached hydrogen (secondary N) is 1. The van der Waals surface area contributed by atoms with Gasteiger partial charge in [-0.15, -0.1) is 0 Å². The summed E-state index contributed by atoms with van der Waals surface area (Å²) in [7, 11) is 0. The molecule has 4 aromatic rings. The van der Waals surface area contributed by atoms with Crippen molar-refractivity contribution in [3.63, 3.8) is 0 Å². The first-order valence-corrected chi connectivity index (χ1v) is 11.3. The van der Waals surface area contributed by atoms with Gasteiger partial charge in [-0.1, -0.05) is 38.1 Å². The standard InChI is InChI=1S/C27H24N4O4/c1-16(2)15-35-19-7-5-6-18(14-19)24(32)22-23(17-10-12-28-13-11-17)31(26(34)25(22)33)27-29-20-8-3-4-9-21(20)30-27/h3-14,16,23,32H,15H2,1-2H3,(H,29,30)/b24-22+. The Labute approximate surface area is 201 Å². The van der Waals surface area contributed by atoms with E-state index in [9.17, 15) is 14.7 Å². The molecule has 8 heteroatoms. The number of pyridine rings is 1. The second-order valence-corrected chi connectivity index (χ2v) is 8.76. The first-order valence-electron chi connectivity index (χ1n) is 11.3. The quantitative estimate of drug-likeness (QED) is 0.243. The van der Waals surface area contributed by atoms with Gasteiger partial charge in [0.2, 0.25) is 5.95 Å². The van der Waals surface area contributed by atoms with E-state index < -0.39 is 17.7 Å². The minimum Gasteiger partial charge on any atom is -0.507 e. The molecule has 1 saturated heterocycles. The van der Waals surface area contributed by atoms with Gasteiger partial charge in [-0.2, -0.15) is 0 Å². The van der Waals surface area contributed by atoms with Crippen LogP contribution in [0.25, 0.3) is 16.8 Å². The number of aliphatic hydroxyl groups is 1. The molecule has 0 radical (unpaired) electrons. The van der Waals surface area contributed by atoms with Crippen LogP contribution in [0.3, 0.4) is 0 Å². The number of ketones is 1. The molecule has 0 aliphatic carbocycles. The van der Waals surface area contributed by atoms with E-state index >= 15 is 0 Å². The number of hydrogen-bond donors (Lipinski definition) is 2. The molecule has 0 bridgehead atoms. The summed E-state index contributed by atoms with van der Waals surface area (Å²) in [4.78, 5) is 39.6. The number of carbonyl (C=O) groups excluding carboxylic acids is 2. The molecule has 35 heavy (non-hydrogen) atoms. The van der Waals surface area contributed by atoms with E-state index in [1.165, 1.54) is 4.90 Å². The van der Waals surface area contributed by atoms with E-state index in [1.807, 2.05) is 38.1 Å². The number of aromatic amines is 1. The third kappa shape index (κ3) is 4.14. The number of imidazole rings is 1. The number of anilines is 1. The lowest BCUT2D eigenvalue weighted by atomic mass is 9.96. The summed E-state index contributed by atoms with van der Waals surface area (Å²) < 4.78 is 5.79. The minimum absolute atomic E-state index is 0.0253. The summed E-state index contributed by atoms with van der Waals surface area (Å²) in [5.41, 5.74) is 2.37. The molecule has 1 fully saturated rings. The van der Waals surface area contributed by atoms with Crippen LogP contribution in [0.1, 0.15) is 31.0 Å². The van der Waals surface area contributed by atoms with Crippen molar-refractivity contribution in [2.75, 3.05) is 11.5 Å². The van der Waals surface area contributed by atoms with Crippen molar-refractivity contribution < 1.29 is 19.4 Å². The SMILES string of the molecule is CC(C)COc1cccc(/C(O)=C2\C(=O)C(=O)N(c3nc4ccccc4[nH]3)C2c2ccncc2)c1. The molecule has 1 aliphatic heterocycles. The van der Waals surface area contributed by atoms with Gasteiger partial charge in [0.05, 0.1) is 29.3 Å². The lowest BCUT2D eigenvalue weighted by Crippen LogP contribution is -2.30. The van der Waals surface area contributed by atoms with Crippen LogP contribution in [0.4, 0.5) is 5.95 Å². The molecule has 5 rings (SSSR count). The number of hydrogen-bond acceptors (Lipinski definition) is 6. The lowest BCUT2D eigenvalue weighted by molar-refractivity contribution is -0.132. The van der Waals surface area contributed by atoms with Crippen molar-refractivity contribution in [2.45, 2.75) is 19.9 Å². The Morgan fingerprint density at radius 1 is 1.09 bits per heavy atom. The zero-order chi connectivity index (χ0) is 24.5. The van der Waals surface area contributed by atoms with Gasteiger partial charge in [-0.3, -0.25) is 19.5 Å². The van der Waals surface area contributed by atoms with Gasteiger partial charge in [0, 0.05) is 18.0 Å². The molecule has 2 aromatic heterocycles. The molecule has 0 saturated carbocycles. The predicted octanol–water partition coefficient (Wildman–Crippen LogP) is 4.62. The van der Waals surface area contributed by atoms with Gasteiger partial charge in [-0.05, 0) is 47.9 Å². The molecule has 176 valence electrons. The van der Waals surface area contributed by atoms with Gasteiger partial charge >= 0.3 is 5.91 Å². The Balaban J connectivity index is 1.64. The van der Waals surface area contributed by atoms with E-state index in [0.717, 1.165) is 5.52 Å². The van der Waals surface area contributed by atoms with Crippen LogP contribution in [-0.2, 0) is 9.59 Å². The fourth-order valence-corrected chi connectivity index (χ4v) is 4.12. The second kappa shape index (κ2) is 9.06. The lowest BCUT2D eigenvalue weighted by Gasteiger charge is -2.22. The average Bonchev–Trinajstić information content (AvgIpc) is 3.41. The number of aromatic nitrogens is 3. The van der Waals surface area contributed by atoms with E-state index in [-0.39, 0.29) is 17.3 Å². The Morgan fingerprint density at radius 3 is 2.60 bits per heavy atom. The second-order valence-electron chi connectivity index (χ2n) is 8.76. The third-order valence-electron chi connectivity index (χ3n) is 5.76. The highest BCUT2D eigenvalue weighted by molar-refractivity contribution is 6.51. The topological polar surface area (TPSA) is 108 Å². The first kappa shape index (κ1) is 22.3. The number of ether oxygens (including phenoxy) is 1. The molecule has 1 atom stereocenters. The number of carbonyl (C=O) groups is 2. The number of H-pyrrole nitrogens is 1. The fraction of sp³-hybridized carbons (Fsp3) is 0.185. The maximum Gasteiger partial charge on any atom is 0.302 e. The maximum absolute atomic E-state index is 13.3. The number of amides is 1. The number of para-hydroxylation sites is 2. The third-order valence-corrected chi connectivity index (χ3v) is 5.76. The molecular formula is C27H24N4O4. The highest BCUT2D eigenvalue weighted by Gasteiger charge is 2.48. The first-order chi connectivity index (χ1) is 16.9. The molecule has 3 heterocycles. The van der Waals surface area contributed by atoms with Gasteiger partial charge < -0.3 is 14.8 Å². The van der Waals surface area contributed by atoms with E-state index in [4.69, 9.17) is 4.74 Å². The summed E-state index contributed by atoms with van der Waals surface area (Å²) in [5, 5.41) is 11.3. The van der Waals surface area contributed by atoms with Crippen LogP contribution in [0.5, 0.6) is 5.75 Å². The average molecular weight is 469 g/mol. The number of rotatable bonds is 6. The molecule has 1 aliphatic rings. The Hall–Kier alpha value is -4.46. The molecule has 1 amide bonds. The van der Waals surface area contributed by atoms with Crippen LogP contribution < -0.4 is 9.64 Å². The maximum atomic E-state index is 13.3. The van der Waals surface area contributed by atoms with E-state index in [2.05, 4.69) is 15.0 Å². The summed E-state index contributed by atoms with van der Waals surface area (Å²) in [6, 6.07) is 16.7. The summed E-state index contributed by atoms with van der Waals surface area (Å²) >= 11 is 0. The van der Waals surface area contributed by atoms with E-state index in [0.29, 0.717) is 34.9 Å². The van der Waals surface area contributed by atoms with Crippen LogP contribution in [0, 0.1) is 5.92 Å². The van der Waals surface area contributed by atoms with Gasteiger partial charge in [-0.25, -0.2) is 4.98 Å². The molecule has 0 spiro atoms. The van der Waals surface area contributed by atoms with Crippen LogP contribution in [0.2, 0.25) is 0 Å². The number of Topliss-reactive ketones (excluding diaryl/α,β-unsaturated/α-hetero) is 1. The number of nitrogens with zero attached hydrogens (tertiary/aromatic N) is 3. The normalized spacial score (nSPS) is 17.5. The highest BCUT2D eigenvalue weighted by atomic mass is 16.5. The number of aliphatic hydroxyl groups excluding tert-OH is 1. The van der Waals surface area contributed by atoms with E-state index in [1.54, 1.807) is 48.8 Å². The van der Waals surface area contributed by atoms with Crippen LogP contribution in [0.15, 0.2) is 78.6 Å². The predicted molar refractivity (Wildman–Crippen MR) is 132 cm³/mol. The number of fused-ring (bicyclic) bond motifs is 1. The highest BCUT2D eigenvalue weighted by Crippen LogP contribution is 2.41. The summed E-state index contributed by atoms with van der Waals surface area (Å²) in [6.45, 7) is 4.59. The molecule has 8 nitrogen and oxygen atoms in total. The van der Waals surface area contributed by atoms with Crippen molar-refractivity contribution in [3.05, 3.63) is 89.8 Å². The van der Waals surface area contributed by atoms with Crippen LogP contribution in [-0.4, -0.2) is 38.4 Å². The van der Waals surface area contributed by atoms with Gasteiger partial charge in [0.15, 0.2) is 0 Å². The number of benzene rings is 2. The minimum atomic E-state index is -0.890. The van der Waals surface area contributed by atoms with Gasteiger partial charge in [0.25, 0.3) is 5.78 Å². The Bertz CT molecular complexity index is 1410. The fourth-order valence-electron chi connectivity index (χ4n) is 4.12. The van der Waals surface area contributed by atoms with Crippen molar-refractivity contribution in [2.24, 2.45) is 5.92 Å². The van der Waals surface area contributed by atoms with Crippen molar-refractivity contribution >= 4 is 34.4 Å². The van der Waals surface area contributed by atoms with Crippen LogP contribution >= 0.6 is 0 Å². The zero-order valence-electron chi connectivity index (χ0n) is 19.3. The van der Waals surface area contributed by atoms with Crippen molar-refractivity contribution in [1.82, 2.24) is 15.0 Å². The van der Waals surface area contributed by atoms with Gasteiger partial charge in [0.1, 0.15) is 11.5 Å². The largest absolute Gasteiger partial charge is 0.507 e. The molecule has 1 unspecified atom stereocenters. The Morgan fingerprint density at radius 2 is 1.86 bits per heavy atom. The Kier molecular flexibility index (Phi) is 5.78.